The predicted octanol–water partition coefficient (Wildman–Crippen LogP) is -2.04. The molecule has 0 bridgehead atoms. The summed E-state index contributed by atoms with van der Waals surface area (Å²) >= 11 is 0. The van der Waals surface area contributed by atoms with Gasteiger partial charge in [0.1, 0.15) is 6.10 Å². The van der Waals surface area contributed by atoms with Crippen LogP contribution in [0, 0.1) is 0 Å². The van der Waals surface area contributed by atoms with Crippen molar-refractivity contribution in [3.8, 4) is 0 Å². The average Bonchev–Trinajstić information content (AvgIpc) is 2.23. The zero-order valence-electron chi connectivity index (χ0n) is 11.5. The van der Waals surface area contributed by atoms with Gasteiger partial charge in [0.25, 0.3) is 20.2 Å². The van der Waals surface area contributed by atoms with Crippen molar-refractivity contribution >= 4 is 26.2 Å². The number of esters is 1. The van der Waals surface area contributed by atoms with Gasteiger partial charge in [-0.05, 0) is 0 Å². The molecule has 0 radical (unpaired) electrons. The highest BCUT2D eigenvalue weighted by atomic mass is 32.2. The van der Waals surface area contributed by atoms with Crippen LogP contribution in [0.2, 0.25) is 0 Å². The maximum atomic E-state index is 11.2. The Kier molecular flexibility index (Phi) is 5.69. The van der Waals surface area contributed by atoms with Crippen LogP contribution in [-0.2, 0) is 42.9 Å². The molecule has 0 amide bonds. The van der Waals surface area contributed by atoms with Gasteiger partial charge in [0.2, 0.25) is 0 Å². The summed E-state index contributed by atoms with van der Waals surface area (Å²) in [6.45, 7) is 0.590. The van der Waals surface area contributed by atoms with Crippen LogP contribution in [0.25, 0.3) is 0 Å². The van der Waals surface area contributed by atoms with Gasteiger partial charge in [-0.3, -0.25) is 13.2 Å². The van der Waals surface area contributed by atoms with Crippen molar-refractivity contribution in [3.05, 3.63) is 0 Å². The minimum absolute atomic E-state index is 0.435. The van der Waals surface area contributed by atoms with Crippen LogP contribution in [0.1, 0.15) is 6.92 Å². The Bertz CT molecular complexity index is 580. The normalized spacial score (nSPS) is 30.9. The standard InChI is InChI=1S/C9H16O10S2/c1-5(10)17-7-6(18-20(2,12)13)4-16-9(11)8(7)19-21(3,14)15/h6-9,11H,4H2,1-3H3. The summed E-state index contributed by atoms with van der Waals surface area (Å²) in [6, 6.07) is 0. The number of aliphatic hydroxyl groups is 1. The van der Waals surface area contributed by atoms with Crippen LogP contribution in [-0.4, -0.2) is 71.6 Å². The molecule has 1 aliphatic rings. The Morgan fingerprint density at radius 1 is 1.10 bits per heavy atom. The molecule has 4 unspecified atom stereocenters. The number of ether oxygens (including phenoxy) is 2. The van der Waals surface area contributed by atoms with E-state index in [0.717, 1.165) is 13.2 Å². The third-order valence-electron chi connectivity index (χ3n) is 2.29. The van der Waals surface area contributed by atoms with Gasteiger partial charge < -0.3 is 14.6 Å². The Morgan fingerprint density at radius 3 is 2.05 bits per heavy atom. The Labute approximate surface area is 122 Å². The molecule has 0 aliphatic carbocycles. The number of aliphatic hydroxyl groups excluding tert-OH is 1. The molecule has 1 N–H and O–H groups in total. The van der Waals surface area contributed by atoms with Crippen molar-refractivity contribution in [2.75, 3.05) is 19.1 Å². The van der Waals surface area contributed by atoms with Gasteiger partial charge in [-0.25, -0.2) is 0 Å². The fraction of sp³-hybridized carbons (Fsp3) is 0.889. The zero-order chi connectivity index (χ0) is 16.4. The van der Waals surface area contributed by atoms with Crippen molar-refractivity contribution in [1.82, 2.24) is 0 Å². The molecule has 1 fully saturated rings. The minimum Gasteiger partial charge on any atom is -0.457 e. The van der Waals surface area contributed by atoms with E-state index in [-0.39, 0.29) is 0 Å². The van der Waals surface area contributed by atoms with E-state index < -0.39 is 57.4 Å². The number of hydrogen-bond acceptors (Lipinski definition) is 10. The van der Waals surface area contributed by atoms with Crippen molar-refractivity contribution in [1.29, 1.82) is 0 Å². The topological polar surface area (TPSA) is 142 Å². The van der Waals surface area contributed by atoms with E-state index in [9.17, 15) is 26.7 Å². The number of rotatable bonds is 5. The Hall–Kier alpha value is -0.790. The van der Waals surface area contributed by atoms with Gasteiger partial charge >= 0.3 is 5.97 Å². The minimum atomic E-state index is -4.03. The molecule has 1 rings (SSSR count). The van der Waals surface area contributed by atoms with Gasteiger partial charge in [-0.15, -0.1) is 0 Å². The first kappa shape index (κ1) is 18.3. The average molecular weight is 348 g/mol. The monoisotopic (exact) mass is 348 g/mol. The fourth-order valence-electron chi connectivity index (χ4n) is 1.70. The van der Waals surface area contributed by atoms with Gasteiger partial charge in [0.15, 0.2) is 18.5 Å². The van der Waals surface area contributed by atoms with Crippen LogP contribution in [0.4, 0.5) is 0 Å². The van der Waals surface area contributed by atoms with Crippen molar-refractivity contribution in [3.63, 3.8) is 0 Å². The molecular formula is C9H16O10S2. The number of carbonyl (C=O) groups is 1. The maximum absolute atomic E-state index is 11.2. The molecule has 0 spiro atoms. The molecule has 0 aromatic rings. The van der Waals surface area contributed by atoms with Crippen molar-refractivity contribution < 1.29 is 44.6 Å². The molecule has 0 aromatic carbocycles. The van der Waals surface area contributed by atoms with E-state index in [1.165, 1.54) is 0 Å². The summed E-state index contributed by atoms with van der Waals surface area (Å²) in [5, 5.41) is 9.62. The molecule has 21 heavy (non-hydrogen) atoms. The van der Waals surface area contributed by atoms with Gasteiger partial charge in [-0.2, -0.15) is 16.8 Å². The molecule has 1 aliphatic heterocycles. The second-order valence-electron chi connectivity index (χ2n) is 4.40. The lowest BCUT2D eigenvalue weighted by atomic mass is 10.1. The fourth-order valence-corrected chi connectivity index (χ4v) is 2.93. The van der Waals surface area contributed by atoms with Crippen LogP contribution in [0.5, 0.6) is 0 Å². The lowest BCUT2D eigenvalue weighted by molar-refractivity contribution is -0.245. The quantitative estimate of drug-likeness (QED) is 0.436. The summed E-state index contributed by atoms with van der Waals surface area (Å²) in [4.78, 5) is 11.1. The first-order valence-electron chi connectivity index (χ1n) is 5.62. The Morgan fingerprint density at radius 2 is 1.62 bits per heavy atom. The Balaban J connectivity index is 3.07. The zero-order valence-corrected chi connectivity index (χ0v) is 13.1. The van der Waals surface area contributed by atoms with E-state index in [0.29, 0.717) is 6.26 Å². The van der Waals surface area contributed by atoms with E-state index in [4.69, 9.17) is 9.47 Å². The van der Waals surface area contributed by atoms with E-state index in [1.807, 2.05) is 0 Å². The first-order valence-corrected chi connectivity index (χ1v) is 9.26. The third kappa shape index (κ3) is 6.23. The van der Waals surface area contributed by atoms with E-state index in [2.05, 4.69) is 8.37 Å². The highest BCUT2D eigenvalue weighted by Crippen LogP contribution is 2.24. The molecule has 12 heteroatoms. The summed E-state index contributed by atoms with van der Waals surface area (Å²) in [5.74, 6) is -0.835. The first-order chi connectivity index (χ1) is 9.39. The second-order valence-corrected chi connectivity index (χ2v) is 7.60. The molecule has 0 saturated carbocycles. The lowest BCUT2D eigenvalue weighted by Gasteiger charge is -2.37. The van der Waals surface area contributed by atoms with Gasteiger partial charge in [-0.1, -0.05) is 0 Å². The van der Waals surface area contributed by atoms with Crippen molar-refractivity contribution in [2.45, 2.75) is 31.5 Å². The summed E-state index contributed by atoms with van der Waals surface area (Å²) in [7, 11) is -7.96. The van der Waals surface area contributed by atoms with E-state index >= 15 is 0 Å². The van der Waals surface area contributed by atoms with Crippen LogP contribution >= 0.6 is 0 Å². The predicted molar refractivity (Wildman–Crippen MR) is 66.9 cm³/mol. The largest absolute Gasteiger partial charge is 0.457 e. The molecule has 10 nitrogen and oxygen atoms in total. The highest BCUT2D eigenvalue weighted by molar-refractivity contribution is 7.86. The maximum Gasteiger partial charge on any atom is 0.303 e. The highest BCUT2D eigenvalue weighted by Gasteiger charge is 2.46. The molecular weight excluding hydrogens is 332 g/mol. The summed E-state index contributed by atoms with van der Waals surface area (Å²) < 4.78 is 63.6. The molecule has 1 saturated heterocycles. The second kappa shape index (κ2) is 6.54. The van der Waals surface area contributed by atoms with Crippen LogP contribution in [0.3, 0.4) is 0 Å². The van der Waals surface area contributed by atoms with E-state index in [1.54, 1.807) is 0 Å². The van der Waals surface area contributed by atoms with Crippen molar-refractivity contribution in [2.24, 2.45) is 0 Å². The summed E-state index contributed by atoms with van der Waals surface area (Å²) in [6.07, 6.45) is -4.73. The molecule has 1 heterocycles. The lowest BCUT2D eigenvalue weighted by Crippen LogP contribution is -2.57. The smallest absolute Gasteiger partial charge is 0.303 e. The molecule has 4 atom stereocenters. The van der Waals surface area contributed by atoms with Gasteiger partial charge in [0.05, 0.1) is 19.1 Å². The third-order valence-corrected chi connectivity index (χ3v) is 3.46. The number of hydrogen-bond donors (Lipinski definition) is 1. The SMILES string of the molecule is CC(=O)OC1C(OS(C)(=O)=O)COC(O)C1OS(C)(=O)=O. The number of carbonyl (C=O) groups excluding carboxylic acids is 1. The van der Waals surface area contributed by atoms with Gasteiger partial charge in [0, 0.05) is 6.92 Å². The van der Waals surface area contributed by atoms with Crippen LogP contribution < -0.4 is 0 Å². The van der Waals surface area contributed by atoms with Crippen LogP contribution in [0.15, 0.2) is 0 Å². The molecule has 0 aromatic heterocycles. The molecule has 124 valence electrons. The summed E-state index contributed by atoms with van der Waals surface area (Å²) in [5.41, 5.74) is 0.